The van der Waals surface area contributed by atoms with E-state index in [2.05, 4.69) is 27.7 Å². The summed E-state index contributed by atoms with van der Waals surface area (Å²) in [6.45, 7) is 0. The summed E-state index contributed by atoms with van der Waals surface area (Å²) in [6, 6.07) is 15.8. The van der Waals surface area contributed by atoms with Crippen LogP contribution in [-0.2, 0) is 12.2 Å². The monoisotopic (exact) mass is 425 g/mol. The van der Waals surface area contributed by atoms with Gasteiger partial charge < -0.3 is 13.9 Å². The first-order valence-corrected chi connectivity index (χ1v) is 10.8. The molecule has 0 amide bonds. The third kappa shape index (κ3) is 4.78. The summed E-state index contributed by atoms with van der Waals surface area (Å²) in [4.78, 5) is 4.71. The third-order valence-corrected chi connectivity index (χ3v) is 5.94. The molecule has 0 bridgehead atoms. The molecule has 8 heteroatoms. The number of thioether (sulfide) groups is 1. The van der Waals surface area contributed by atoms with E-state index in [0.29, 0.717) is 28.4 Å². The van der Waals surface area contributed by atoms with Gasteiger partial charge in [-0.3, -0.25) is 0 Å². The van der Waals surface area contributed by atoms with E-state index in [1.54, 1.807) is 31.6 Å². The topological polar surface area (TPSA) is 70.3 Å². The Balaban J connectivity index is 1.40. The lowest BCUT2D eigenvalue weighted by Gasteiger charge is -2.07. The van der Waals surface area contributed by atoms with Gasteiger partial charge in [0.25, 0.3) is 11.1 Å². The number of ether oxygens (including phenoxy) is 2. The van der Waals surface area contributed by atoms with Crippen molar-refractivity contribution in [3.05, 3.63) is 70.2 Å². The molecule has 0 aliphatic heterocycles. The number of benzene rings is 2. The average molecular weight is 426 g/mol. The lowest BCUT2D eigenvalue weighted by atomic mass is 10.2. The molecule has 2 heterocycles. The second kappa shape index (κ2) is 9.11. The number of thiazole rings is 1. The van der Waals surface area contributed by atoms with E-state index in [4.69, 9.17) is 18.9 Å². The van der Waals surface area contributed by atoms with Crippen LogP contribution in [0.3, 0.4) is 0 Å². The highest BCUT2D eigenvalue weighted by Gasteiger charge is 2.15. The first-order valence-electron chi connectivity index (χ1n) is 8.91. The smallest absolute Gasteiger partial charge is 0.277 e. The highest BCUT2D eigenvalue weighted by molar-refractivity contribution is 7.98. The lowest BCUT2D eigenvalue weighted by Crippen LogP contribution is -1.90. The van der Waals surface area contributed by atoms with Gasteiger partial charge in [0.1, 0.15) is 11.5 Å². The Morgan fingerprint density at radius 2 is 1.90 bits per heavy atom. The van der Waals surface area contributed by atoms with Crippen molar-refractivity contribution in [1.82, 2.24) is 15.2 Å². The molecular weight excluding hydrogens is 406 g/mol. The van der Waals surface area contributed by atoms with Gasteiger partial charge in [-0.15, -0.1) is 21.5 Å². The maximum atomic E-state index is 5.81. The highest BCUT2D eigenvalue weighted by atomic mass is 32.2. The SMILES string of the molecule is COc1ccc(-c2nnc(SCc3csc(Cc4ccccc4)n3)o2)c(OC)c1. The normalized spacial score (nSPS) is 10.8. The van der Waals surface area contributed by atoms with Crippen LogP contribution in [0.5, 0.6) is 11.5 Å². The molecule has 0 aliphatic rings. The molecule has 4 rings (SSSR count). The Morgan fingerprint density at radius 1 is 1.03 bits per heavy atom. The van der Waals surface area contributed by atoms with Crippen LogP contribution in [0.25, 0.3) is 11.5 Å². The van der Waals surface area contributed by atoms with Gasteiger partial charge in [-0.25, -0.2) is 4.98 Å². The quantitative estimate of drug-likeness (QED) is 0.364. The molecule has 0 saturated carbocycles. The van der Waals surface area contributed by atoms with Crippen molar-refractivity contribution in [2.24, 2.45) is 0 Å². The molecule has 4 aromatic rings. The van der Waals surface area contributed by atoms with Crippen molar-refractivity contribution in [3.8, 4) is 23.0 Å². The van der Waals surface area contributed by atoms with Crippen LogP contribution in [0, 0.1) is 0 Å². The van der Waals surface area contributed by atoms with Gasteiger partial charge in [0, 0.05) is 23.6 Å². The molecule has 2 aromatic heterocycles. The molecule has 0 radical (unpaired) electrons. The number of hydrogen-bond donors (Lipinski definition) is 0. The van der Waals surface area contributed by atoms with E-state index < -0.39 is 0 Å². The lowest BCUT2D eigenvalue weighted by molar-refractivity contribution is 0.393. The largest absolute Gasteiger partial charge is 0.497 e. The van der Waals surface area contributed by atoms with Crippen molar-refractivity contribution in [2.45, 2.75) is 17.4 Å². The summed E-state index contributed by atoms with van der Waals surface area (Å²) in [6.07, 6.45) is 0.845. The Morgan fingerprint density at radius 3 is 2.69 bits per heavy atom. The maximum absolute atomic E-state index is 5.81. The zero-order valence-electron chi connectivity index (χ0n) is 16.0. The number of hydrogen-bond acceptors (Lipinski definition) is 8. The molecular formula is C21H19N3O3S2. The predicted molar refractivity (Wildman–Crippen MR) is 114 cm³/mol. The van der Waals surface area contributed by atoms with E-state index in [9.17, 15) is 0 Å². The zero-order chi connectivity index (χ0) is 20.1. The summed E-state index contributed by atoms with van der Waals surface area (Å²) in [5.41, 5.74) is 3.00. The fourth-order valence-corrected chi connectivity index (χ4v) is 4.34. The number of nitrogens with zero attached hydrogens (tertiary/aromatic N) is 3. The Hall–Kier alpha value is -2.84. The van der Waals surface area contributed by atoms with Crippen LogP contribution in [0.1, 0.15) is 16.3 Å². The third-order valence-electron chi connectivity index (χ3n) is 4.19. The number of aromatic nitrogens is 3. The summed E-state index contributed by atoms with van der Waals surface area (Å²) in [5.74, 6) is 2.41. The highest BCUT2D eigenvalue weighted by Crippen LogP contribution is 2.34. The second-order valence-corrected chi connectivity index (χ2v) is 7.99. The zero-order valence-corrected chi connectivity index (χ0v) is 17.6. The Bertz CT molecular complexity index is 1080. The molecule has 0 fully saturated rings. The van der Waals surface area contributed by atoms with Crippen molar-refractivity contribution in [1.29, 1.82) is 0 Å². The van der Waals surface area contributed by atoms with Gasteiger partial charge >= 0.3 is 0 Å². The molecule has 0 aliphatic carbocycles. The van der Waals surface area contributed by atoms with Crippen LogP contribution in [0.4, 0.5) is 0 Å². The van der Waals surface area contributed by atoms with Gasteiger partial charge in [-0.2, -0.15) is 0 Å². The fraction of sp³-hybridized carbons (Fsp3) is 0.190. The van der Waals surface area contributed by atoms with E-state index in [1.807, 2.05) is 30.3 Å². The minimum Gasteiger partial charge on any atom is -0.497 e. The second-order valence-electron chi connectivity index (χ2n) is 6.12. The van der Waals surface area contributed by atoms with Gasteiger partial charge in [-0.1, -0.05) is 42.1 Å². The standard InChI is InChI=1S/C21H19N3O3S2/c1-25-16-8-9-17(18(11-16)26-2)20-23-24-21(27-20)29-13-15-12-28-19(22-15)10-14-6-4-3-5-7-14/h3-9,11-12H,10,13H2,1-2H3. The van der Waals surface area contributed by atoms with E-state index >= 15 is 0 Å². The molecule has 148 valence electrons. The molecule has 6 nitrogen and oxygen atoms in total. The van der Waals surface area contributed by atoms with Crippen molar-refractivity contribution in [2.75, 3.05) is 14.2 Å². The molecule has 0 N–H and O–H groups in total. The summed E-state index contributed by atoms with van der Waals surface area (Å²) >= 11 is 3.14. The molecule has 29 heavy (non-hydrogen) atoms. The molecule has 2 aromatic carbocycles. The van der Waals surface area contributed by atoms with Gasteiger partial charge in [0.05, 0.1) is 30.5 Å². The van der Waals surface area contributed by atoms with Gasteiger partial charge in [-0.05, 0) is 17.7 Å². The van der Waals surface area contributed by atoms with Crippen LogP contribution in [0.2, 0.25) is 0 Å². The maximum Gasteiger partial charge on any atom is 0.277 e. The molecule has 0 saturated heterocycles. The molecule has 0 atom stereocenters. The van der Waals surface area contributed by atoms with Crippen LogP contribution < -0.4 is 9.47 Å². The first-order chi connectivity index (χ1) is 14.2. The van der Waals surface area contributed by atoms with Gasteiger partial charge in [0.2, 0.25) is 0 Å². The summed E-state index contributed by atoms with van der Waals surface area (Å²) < 4.78 is 16.4. The minimum atomic E-state index is 0.412. The van der Waals surface area contributed by atoms with Crippen LogP contribution >= 0.6 is 23.1 Å². The van der Waals surface area contributed by atoms with E-state index in [-0.39, 0.29) is 0 Å². The molecule has 0 spiro atoms. The van der Waals surface area contributed by atoms with E-state index in [0.717, 1.165) is 22.7 Å². The summed E-state index contributed by atoms with van der Waals surface area (Å²) in [7, 11) is 3.21. The minimum absolute atomic E-state index is 0.412. The van der Waals surface area contributed by atoms with Crippen molar-refractivity contribution >= 4 is 23.1 Å². The van der Waals surface area contributed by atoms with Crippen molar-refractivity contribution < 1.29 is 13.9 Å². The van der Waals surface area contributed by atoms with Gasteiger partial charge in [0.15, 0.2) is 0 Å². The average Bonchev–Trinajstić information content (AvgIpc) is 3.42. The van der Waals surface area contributed by atoms with Crippen LogP contribution in [0.15, 0.2) is 63.6 Å². The predicted octanol–water partition coefficient (Wildman–Crippen LogP) is 5.09. The summed E-state index contributed by atoms with van der Waals surface area (Å²) in [5, 5.41) is 12.0. The molecule has 0 unspecified atom stereocenters. The van der Waals surface area contributed by atoms with Crippen molar-refractivity contribution in [3.63, 3.8) is 0 Å². The fourth-order valence-electron chi connectivity index (χ4n) is 2.75. The Labute approximate surface area is 176 Å². The van der Waals surface area contributed by atoms with E-state index in [1.165, 1.54) is 17.3 Å². The number of methoxy groups -OCH3 is 2. The van der Waals surface area contributed by atoms with Crippen LogP contribution in [-0.4, -0.2) is 29.4 Å². The number of rotatable bonds is 8. The Kier molecular flexibility index (Phi) is 6.12. The first kappa shape index (κ1) is 19.5.